The molecule has 4 atom stereocenters. The summed E-state index contributed by atoms with van der Waals surface area (Å²) < 4.78 is 5.25. The van der Waals surface area contributed by atoms with Crippen molar-refractivity contribution in [2.45, 2.75) is 48.0 Å². The van der Waals surface area contributed by atoms with Crippen molar-refractivity contribution in [3.05, 3.63) is 23.8 Å². The van der Waals surface area contributed by atoms with Gasteiger partial charge in [-0.1, -0.05) is 0 Å². The molecule has 0 heterocycles. The molecule has 3 amide bonds. The molecule has 0 saturated heterocycles. The molecule has 1 aliphatic rings. The van der Waals surface area contributed by atoms with Crippen LogP contribution in [0.2, 0.25) is 0 Å². The lowest BCUT2D eigenvalue weighted by Crippen LogP contribution is -2.63. The zero-order chi connectivity index (χ0) is 22.5. The van der Waals surface area contributed by atoms with Crippen molar-refractivity contribution >= 4 is 29.5 Å². The number of nitrogens with one attached hydrogen (secondary N) is 2. The Hall–Kier alpha value is -2.34. The van der Waals surface area contributed by atoms with E-state index in [9.17, 15) is 29.7 Å². The third-order valence-corrected chi connectivity index (χ3v) is 5.69. The quantitative estimate of drug-likeness (QED) is 0.272. The summed E-state index contributed by atoms with van der Waals surface area (Å²) in [6.07, 6.45) is -1.82. The molecule has 1 fully saturated rings. The standard InChI is InChI=1S/C19H27N3O7S/c1-29-14-7-10(30-2)3-4-11(14)17(26)22-12-8-19(28,9-13(23)16(12)25)18(27)21-6-5-15(20)24/h3-4,7,12-13,16,23,25,28H,5-6,8-9H2,1-2H3,(H2,20,24)(H,21,27)(H,22,26). The summed E-state index contributed by atoms with van der Waals surface area (Å²) in [6, 6.07) is 3.89. The minimum absolute atomic E-state index is 0.0782. The molecule has 11 heteroatoms. The van der Waals surface area contributed by atoms with Gasteiger partial charge in [0.2, 0.25) is 5.91 Å². The van der Waals surface area contributed by atoms with E-state index in [1.807, 2.05) is 6.26 Å². The van der Waals surface area contributed by atoms with Gasteiger partial charge in [-0.2, -0.15) is 0 Å². The highest BCUT2D eigenvalue weighted by atomic mass is 32.2. The first-order chi connectivity index (χ1) is 14.1. The molecular weight excluding hydrogens is 414 g/mol. The van der Waals surface area contributed by atoms with Gasteiger partial charge in [0.15, 0.2) is 0 Å². The van der Waals surface area contributed by atoms with Crippen molar-refractivity contribution in [2.75, 3.05) is 19.9 Å². The third kappa shape index (κ3) is 5.63. The number of amides is 3. The number of ether oxygens (including phenoxy) is 1. The molecule has 1 saturated carbocycles. The average molecular weight is 442 g/mol. The number of hydrogen-bond acceptors (Lipinski definition) is 8. The Morgan fingerprint density at radius 2 is 2.00 bits per heavy atom. The number of carbonyl (C=O) groups is 3. The molecule has 1 aromatic rings. The van der Waals surface area contributed by atoms with Crippen LogP contribution in [0.4, 0.5) is 0 Å². The number of methoxy groups -OCH3 is 1. The molecule has 2 rings (SSSR count). The summed E-state index contributed by atoms with van der Waals surface area (Å²) in [5, 5.41) is 36.1. The second-order valence-corrected chi connectivity index (χ2v) is 8.00. The van der Waals surface area contributed by atoms with Crippen LogP contribution in [-0.4, -0.2) is 76.8 Å². The number of carbonyl (C=O) groups excluding carboxylic acids is 3. The second kappa shape index (κ2) is 10.1. The first-order valence-corrected chi connectivity index (χ1v) is 10.5. The first kappa shape index (κ1) is 23.9. The number of aliphatic hydroxyl groups is 3. The number of benzene rings is 1. The molecule has 4 unspecified atom stereocenters. The topological polar surface area (TPSA) is 171 Å². The van der Waals surface area contributed by atoms with Gasteiger partial charge in [-0.05, 0) is 24.5 Å². The summed E-state index contributed by atoms with van der Waals surface area (Å²) in [5.74, 6) is -1.71. The van der Waals surface area contributed by atoms with E-state index in [-0.39, 0.29) is 24.9 Å². The number of thioether (sulfide) groups is 1. The molecule has 1 aliphatic carbocycles. The lowest BCUT2D eigenvalue weighted by Gasteiger charge is -2.41. The smallest absolute Gasteiger partial charge is 0.255 e. The third-order valence-electron chi connectivity index (χ3n) is 4.96. The van der Waals surface area contributed by atoms with Gasteiger partial charge in [-0.25, -0.2) is 0 Å². The van der Waals surface area contributed by atoms with Crippen LogP contribution < -0.4 is 21.1 Å². The Bertz CT molecular complexity index is 806. The Kier molecular flexibility index (Phi) is 8.07. The second-order valence-electron chi connectivity index (χ2n) is 7.12. The number of nitrogens with two attached hydrogens (primary N) is 1. The van der Waals surface area contributed by atoms with Crippen LogP contribution in [0.25, 0.3) is 0 Å². The van der Waals surface area contributed by atoms with Crippen LogP contribution in [0.5, 0.6) is 5.75 Å². The zero-order valence-electron chi connectivity index (χ0n) is 16.8. The molecule has 0 aromatic heterocycles. The van der Waals surface area contributed by atoms with Gasteiger partial charge in [0.05, 0.1) is 24.8 Å². The highest BCUT2D eigenvalue weighted by Crippen LogP contribution is 2.31. The molecule has 0 radical (unpaired) electrons. The molecule has 1 aromatic carbocycles. The largest absolute Gasteiger partial charge is 0.496 e. The molecule has 0 aliphatic heterocycles. The van der Waals surface area contributed by atoms with Crippen LogP contribution in [0, 0.1) is 0 Å². The van der Waals surface area contributed by atoms with Gasteiger partial charge in [-0.15, -0.1) is 11.8 Å². The number of hydrogen-bond donors (Lipinski definition) is 6. The lowest BCUT2D eigenvalue weighted by molar-refractivity contribution is -0.157. The van der Waals surface area contributed by atoms with Crippen LogP contribution in [0.15, 0.2) is 23.1 Å². The van der Waals surface area contributed by atoms with Crippen LogP contribution in [-0.2, 0) is 9.59 Å². The normalized spacial score (nSPS) is 26.0. The first-order valence-electron chi connectivity index (χ1n) is 9.29. The molecule has 7 N–H and O–H groups in total. The molecule has 10 nitrogen and oxygen atoms in total. The molecule has 0 spiro atoms. The SMILES string of the molecule is COc1cc(SC)ccc1C(=O)NC1CC(O)(C(=O)NCCC(N)=O)CC(O)C1O. The van der Waals surface area contributed by atoms with Gasteiger partial charge in [0.1, 0.15) is 17.5 Å². The summed E-state index contributed by atoms with van der Waals surface area (Å²) in [5.41, 5.74) is 3.18. The number of primary amides is 1. The van der Waals surface area contributed by atoms with E-state index in [1.54, 1.807) is 18.2 Å². The fraction of sp³-hybridized carbons (Fsp3) is 0.526. The van der Waals surface area contributed by atoms with Crippen LogP contribution >= 0.6 is 11.8 Å². The molecular formula is C19H27N3O7S. The monoisotopic (exact) mass is 441 g/mol. The van der Waals surface area contributed by atoms with Crippen molar-refractivity contribution in [1.82, 2.24) is 10.6 Å². The van der Waals surface area contributed by atoms with Gasteiger partial charge >= 0.3 is 0 Å². The fourth-order valence-electron chi connectivity index (χ4n) is 3.32. The summed E-state index contributed by atoms with van der Waals surface area (Å²) in [4.78, 5) is 36.8. The van der Waals surface area contributed by atoms with Crippen molar-refractivity contribution in [3.8, 4) is 5.75 Å². The van der Waals surface area contributed by atoms with Gasteiger partial charge in [0, 0.05) is 30.7 Å². The van der Waals surface area contributed by atoms with Crippen molar-refractivity contribution in [2.24, 2.45) is 5.73 Å². The van der Waals surface area contributed by atoms with Crippen LogP contribution in [0.3, 0.4) is 0 Å². The maximum atomic E-state index is 12.7. The zero-order valence-corrected chi connectivity index (χ0v) is 17.6. The maximum absolute atomic E-state index is 12.7. The number of rotatable bonds is 8. The van der Waals surface area contributed by atoms with Crippen molar-refractivity contribution < 1.29 is 34.4 Å². The minimum atomic E-state index is -2.04. The Balaban J connectivity index is 2.15. The van der Waals surface area contributed by atoms with E-state index in [0.717, 1.165) is 4.90 Å². The van der Waals surface area contributed by atoms with Gasteiger partial charge in [-0.3, -0.25) is 14.4 Å². The van der Waals surface area contributed by atoms with Gasteiger partial charge < -0.3 is 36.4 Å². The average Bonchev–Trinajstić information content (AvgIpc) is 2.70. The van der Waals surface area contributed by atoms with E-state index >= 15 is 0 Å². The van der Waals surface area contributed by atoms with E-state index in [2.05, 4.69) is 10.6 Å². The fourth-order valence-corrected chi connectivity index (χ4v) is 3.75. The Morgan fingerprint density at radius 3 is 2.60 bits per heavy atom. The molecule has 30 heavy (non-hydrogen) atoms. The van der Waals surface area contributed by atoms with Crippen LogP contribution in [0.1, 0.15) is 29.6 Å². The molecule has 166 valence electrons. The highest BCUT2D eigenvalue weighted by Gasteiger charge is 2.49. The predicted octanol–water partition coefficient (Wildman–Crippen LogP) is -1.25. The van der Waals surface area contributed by atoms with E-state index in [1.165, 1.54) is 18.9 Å². The molecule has 0 bridgehead atoms. The van der Waals surface area contributed by atoms with Gasteiger partial charge in [0.25, 0.3) is 11.8 Å². The Labute approximate surface area is 178 Å². The minimum Gasteiger partial charge on any atom is -0.496 e. The van der Waals surface area contributed by atoms with Crippen molar-refractivity contribution in [3.63, 3.8) is 0 Å². The predicted molar refractivity (Wildman–Crippen MR) is 109 cm³/mol. The maximum Gasteiger partial charge on any atom is 0.255 e. The lowest BCUT2D eigenvalue weighted by atomic mass is 9.77. The summed E-state index contributed by atoms with van der Waals surface area (Å²) >= 11 is 1.48. The highest BCUT2D eigenvalue weighted by molar-refractivity contribution is 7.98. The summed E-state index contributed by atoms with van der Waals surface area (Å²) in [6.45, 7) is -0.0782. The number of aliphatic hydroxyl groups excluding tert-OH is 2. The summed E-state index contributed by atoms with van der Waals surface area (Å²) in [7, 11) is 1.42. The van der Waals surface area contributed by atoms with E-state index < -0.39 is 48.0 Å². The van der Waals surface area contributed by atoms with E-state index in [0.29, 0.717) is 5.75 Å². The Morgan fingerprint density at radius 1 is 1.30 bits per heavy atom. The van der Waals surface area contributed by atoms with E-state index in [4.69, 9.17) is 10.5 Å². The van der Waals surface area contributed by atoms with Crippen molar-refractivity contribution in [1.29, 1.82) is 0 Å².